The third-order valence-electron chi connectivity index (χ3n) is 8.62. The number of hydrogen-bond acceptors (Lipinski definition) is 5. The van der Waals surface area contributed by atoms with E-state index in [2.05, 4.69) is 10.3 Å². The number of carbonyl (C=O) groups excluding carboxylic acids is 2. The summed E-state index contributed by atoms with van der Waals surface area (Å²) in [4.78, 5) is 36.2. The van der Waals surface area contributed by atoms with E-state index in [1.54, 1.807) is 53.1 Å². The Hall–Kier alpha value is -4.18. The van der Waals surface area contributed by atoms with Gasteiger partial charge in [0.2, 0.25) is 0 Å². The lowest BCUT2D eigenvalue weighted by molar-refractivity contribution is -0.168. The number of hydrogen-bond donors (Lipinski definition) is 1. The first-order valence-corrected chi connectivity index (χ1v) is 14.8. The zero-order valence-electron chi connectivity index (χ0n) is 22.7. The molecular weight excluding hydrogens is 561 g/mol. The maximum Gasteiger partial charge on any atom is 0.276 e. The van der Waals surface area contributed by atoms with Gasteiger partial charge in [0, 0.05) is 29.4 Å². The number of halogens is 3. The number of benzene rings is 2. The zero-order chi connectivity index (χ0) is 29.2. The minimum absolute atomic E-state index is 0.156. The van der Waals surface area contributed by atoms with Gasteiger partial charge in [0.15, 0.2) is 0 Å². The minimum Gasteiger partial charge on any atom is -0.348 e. The topological polar surface area (TPSA) is 65.5 Å². The number of aromatic nitrogens is 1. The smallest absolute Gasteiger partial charge is 0.276 e. The summed E-state index contributed by atoms with van der Waals surface area (Å²) in [5.41, 5.74) is 3.37. The van der Waals surface area contributed by atoms with Gasteiger partial charge in [0.25, 0.3) is 17.7 Å². The molecule has 3 aliphatic heterocycles. The monoisotopic (exact) mass is 588 g/mol. The van der Waals surface area contributed by atoms with E-state index in [9.17, 15) is 22.8 Å². The molecule has 42 heavy (non-hydrogen) atoms. The summed E-state index contributed by atoms with van der Waals surface area (Å²) in [5, 5.41) is 2.71. The molecule has 0 spiro atoms. The van der Waals surface area contributed by atoms with Crippen molar-refractivity contribution in [3.63, 3.8) is 0 Å². The Morgan fingerprint density at radius 1 is 1.05 bits per heavy atom. The number of aryl methyl sites for hydroxylation is 1. The van der Waals surface area contributed by atoms with Crippen molar-refractivity contribution in [2.24, 2.45) is 5.92 Å². The second kappa shape index (κ2) is 9.97. The lowest BCUT2D eigenvalue weighted by atomic mass is 9.69. The van der Waals surface area contributed by atoms with Crippen LogP contribution in [0.25, 0.3) is 10.4 Å². The van der Waals surface area contributed by atoms with Crippen molar-refractivity contribution in [3.05, 3.63) is 94.2 Å². The second-order valence-corrected chi connectivity index (χ2v) is 12.1. The molecule has 214 valence electrons. The van der Waals surface area contributed by atoms with Gasteiger partial charge in [-0.15, -0.1) is 11.3 Å². The quantitative estimate of drug-likeness (QED) is 0.280. The number of amides is 2. The van der Waals surface area contributed by atoms with Crippen molar-refractivity contribution in [2.75, 3.05) is 28.2 Å². The SMILES string of the molecule is Cc1cccc(F)c1NC(=O)c1cc2c(s1)-c1ccccc1N(C(=O)c1cccc(N3CCC4CC3C4(F)F)n1)CC2. The molecule has 0 radical (unpaired) electrons. The molecule has 3 fully saturated rings. The number of piperidine rings is 2. The first kappa shape index (κ1) is 26.7. The Kier molecular flexibility index (Phi) is 6.34. The fraction of sp³-hybridized carbons (Fsp3) is 0.281. The van der Waals surface area contributed by atoms with E-state index >= 15 is 0 Å². The molecule has 4 aromatic rings. The highest BCUT2D eigenvalue weighted by molar-refractivity contribution is 7.17. The van der Waals surface area contributed by atoms with E-state index in [1.807, 2.05) is 24.3 Å². The Morgan fingerprint density at radius 2 is 1.86 bits per heavy atom. The molecule has 1 saturated carbocycles. The van der Waals surface area contributed by atoms with Crippen LogP contribution in [0.2, 0.25) is 0 Å². The number of para-hydroxylation sites is 2. The molecule has 2 aromatic carbocycles. The normalized spacial score (nSPS) is 20.2. The number of nitrogens with one attached hydrogen (secondary N) is 1. The van der Waals surface area contributed by atoms with Gasteiger partial charge >= 0.3 is 0 Å². The lowest BCUT2D eigenvalue weighted by Gasteiger charge is -2.55. The molecule has 1 N–H and O–H groups in total. The van der Waals surface area contributed by atoms with Crippen molar-refractivity contribution in [3.8, 4) is 10.4 Å². The lowest BCUT2D eigenvalue weighted by Crippen LogP contribution is -2.66. The molecule has 1 aliphatic carbocycles. The average Bonchev–Trinajstić information content (AvgIpc) is 3.37. The van der Waals surface area contributed by atoms with Crippen molar-refractivity contribution in [2.45, 2.75) is 38.2 Å². The summed E-state index contributed by atoms with van der Waals surface area (Å²) < 4.78 is 43.3. The molecule has 2 amide bonds. The highest BCUT2D eigenvalue weighted by Gasteiger charge is 2.62. The maximum absolute atomic E-state index is 14.5. The van der Waals surface area contributed by atoms with Gasteiger partial charge < -0.3 is 15.1 Å². The minimum atomic E-state index is -2.73. The van der Waals surface area contributed by atoms with E-state index in [0.29, 0.717) is 54.3 Å². The average molecular weight is 589 g/mol. The Morgan fingerprint density at radius 3 is 2.64 bits per heavy atom. The molecule has 2 aromatic heterocycles. The predicted molar refractivity (Wildman–Crippen MR) is 157 cm³/mol. The standard InChI is InChI=1S/C32H27F3N4O2S/c1-18-6-4-8-22(33)28(18)37-30(40)25-16-19-12-14-38(24-10-3-2-7-21(24)29(19)42-25)31(41)23-9-5-11-27(36-23)39-15-13-20-17-26(39)32(20,34)35/h2-11,16,20,26H,12-15,17H2,1H3,(H,37,40). The van der Waals surface area contributed by atoms with Gasteiger partial charge in [-0.05, 0) is 67.6 Å². The molecule has 2 saturated heterocycles. The fourth-order valence-electron chi connectivity index (χ4n) is 6.29. The molecule has 10 heteroatoms. The van der Waals surface area contributed by atoms with E-state index in [-0.39, 0.29) is 17.3 Å². The van der Waals surface area contributed by atoms with Crippen LogP contribution in [0, 0.1) is 18.7 Å². The van der Waals surface area contributed by atoms with Gasteiger partial charge in [-0.25, -0.2) is 18.2 Å². The molecule has 2 bridgehead atoms. The first-order valence-electron chi connectivity index (χ1n) is 13.9. The summed E-state index contributed by atoms with van der Waals surface area (Å²) in [6.45, 7) is 2.57. The third-order valence-corrected chi connectivity index (χ3v) is 9.83. The van der Waals surface area contributed by atoms with Gasteiger partial charge in [-0.1, -0.05) is 36.4 Å². The van der Waals surface area contributed by atoms with Gasteiger partial charge in [0.1, 0.15) is 17.3 Å². The number of alkyl halides is 2. The van der Waals surface area contributed by atoms with Crippen LogP contribution in [-0.2, 0) is 6.42 Å². The van der Waals surface area contributed by atoms with Gasteiger partial charge in [0.05, 0.1) is 22.3 Å². The number of nitrogens with zero attached hydrogens (tertiary/aromatic N) is 3. The van der Waals surface area contributed by atoms with Crippen LogP contribution in [0.15, 0.2) is 66.7 Å². The Balaban J connectivity index is 1.17. The molecular formula is C32H27F3N4O2S. The third kappa shape index (κ3) is 4.27. The van der Waals surface area contributed by atoms with Crippen molar-refractivity contribution in [1.29, 1.82) is 0 Å². The van der Waals surface area contributed by atoms with E-state index in [4.69, 9.17) is 0 Å². The summed E-state index contributed by atoms with van der Waals surface area (Å²) >= 11 is 1.30. The molecule has 5 heterocycles. The first-order chi connectivity index (χ1) is 20.2. The summed E-state index contributed by atoms with van der Waals surface area (Å²) in [7, 11) is 0. The van der Waals surface area contributed by atoms with Gasteiger partial charge in [-0.3, -0.25) is 9.59 Å². The number of fused-ring (bicyclic) bond motifs is 5. The second-order valence-electron chi connectivity index (χ2n) is 11.1. The zero-order valence-corrected chi connectivity index (χ0v) is 23.6. The largest absolute Gasteiger partial charge is 0.348 e. The maximum atomic E-state index is 14.5. The highest BCUT2D eigenvalue weighted by Crippen LogP contribution is 2.52. The van der Waals surface area contributed by atoms with Crippen LogP contribution in [0.5, 0.6) is 0 Å². The number of anilines is 3. The summed E-state index contributed by atoms with van der Waals surface area (Å²) in [5.74, 6) is -4.10. The van der Waals surface area contributed by atoms with Crippen LogP contribution >= 0.6 is 11.3 Å². The summed E-state index contributed by atoms with van der Waals surface area (Å²) in [6.07, 6.45) is 1.33. The van der Waals surface area contributed by atoms with Crippen molar-refractivity contribution in [1.82, 2.24) is 4.98 Å². The molecule has 6 nitrogen and oxygen atoms in total. The van der Waals surface area contributed by atoms with Gasteiger partial charge in [-0.2, -0.15) is 0 Å². The van der Waals surface area contributed by atoms with Crippen LogP contribution < -0.4 is 15.1 Å². The van der Waals surface area contributed by atoms with Crippen molar-refractivity contribution < 1.29 is 22.8 Å². The van der Waals surface area contributed by atoms with E-state index in [1.165, 1.54) is 17.4 Å². The fourth-order valence-corrected chi connectivity index (χ4v) is 7.43. The molecule has 2 unspecified atom stereocenters. The molecule has 8 rings (SSSR count). The van der Waals surface area contributed by atoms with Crippen LogP contribution in [0.4, 0.5) is 30.4 Å². The van der Waals surface area contributed by atoms with E-state index in [0.717, 1.165) is 16.0 Å². The number of carbonyl (C=O) groups is 2. The van der Waals surface area contributed by atoms with Crippen LogP contribution in [0.1, 0.15) is 44.1 Å². The van der Waals surface area contributed by atoms with Crippen LogP contribution in [-0.4, -0.2) is 41.9 Å². The summed E-state index contributed by atoms with van der Waals surface area (Å²) in [6, 6.07) is 18.1. The number of thiophene rings is 1. The molecule has 4 aliphatic rings. The number of rotatable bonds is 4. The number of pyridine rings is 1. The van der Waals surface area contributed by atoms with E-state index < -0.39 is 29.6 Å². The predicted octanol–water partition coefficient (Wildman–Crippen LogP) is 6.95. The Labute approximate surface area is 244 Å². The Bertz CT molecular complexity index is 1720. The molecule has 2 atom stereocenters. The highest BCUT2D eigenvalue weighted by atomic mass is 32.1. The van der Waals surface area contributed by atoms with Crippen LogP contribution in [0.3, 0.4) is 0 Å². The van der Waals surface area contributed by atoms with Crippen molar-refractivity contribution >= 4 is 40.3 Å².